The van der Waals surface area contributed by atoms with Gasteiger partial charge in [0.25, 0.3) is 0 Å². The van der Waals surface area contributed by atoms with Crippen LogP contribution in [-0.4, -0.2) is 37.2 Å². The Kier molecular flexibility index (Phi) is 59.2. The summed E-state index contributed by atoms with van der Waals surface area (Å²) in [6, 6.07) is 0. The second-order valence-electron chi connectivity index (χ2n) is 21.7. The first kappa shape index (κ1) is 69.6. The van der Waals surface area contributed by atoms with Crippen LogP contribution >= 0.6 is 0 Å². The van der Waals surface area contributed by atoms with Crippen molar-refractivity contribution in [3.63, 3.8) is 0 Å². The predicted octanol–water partition coefficient (Wildman–Crippen LogP) is 21.6. The monoisotopic (exact) mass is 1010 g/mol. The molecular weight excluding hydrogens is 889 g/mol. The van der Waals surface area contributed by atoms with Gasteiger partial charge in [-0.1, -0.05) is 269 Å². The first-order valence-electron chi connectivity index (χ1n) is 32.0. The Morgan fingerprint density at radius 2 is 0.458 bits per heavy atom. The van der Waals surface area contributed by atoms with E-state index in [0.29, 0.717) is 19.3 Å². The molecule has 0 aromatic carbocycles. The Hall–Kier alpha value is -2.37. The van der Waals surface area contributed by atoms with Crippen molar-refractivity contribution in [1.29, 1.82) is 0 Å². The van der Waals surface area contributed by atoms with Gasteiger partial charge >= 0.3 is 17.9 Å². The lowest BCUT2D eigenvalue weighted by Crippen LogP contribution is -2.30. The number of rotatable bonds is 59. The van der Waals surface area contributed by atoms with Crippen molar-refractivity contribution >= 4 is 17.9 Å². The molecule has 0 aromatic rings. The van der Waals surface area contributed by atoms with Crippen LogP contribution < -0.4 is 0 Å². The molecule has 1 atom stereocenters. The van der Waals surface area contributed by atoms with Crippen LogP contribution in [0.4, 0.5) is 0 Å². The normalized spacial score (nSPS) is 12.2. The van der Waals surface area contributed by atoms with E-state index in [1.807, 2.05) is 0 Å². The van der Waals surface area contributed by atoms with Crippen LogP contribution in [0.5, 0.6) is 0 Å². The Morgan fingerprint density at radius 3 is 0.722 bits per heavy atom. The number of carbonyl (C=O) groups is 3. The van der Waals surface area contributed by atoms with Gasteiger partial charge in [-0.3, -0.25) is 14.4 Å². The van der Waals surface area contributed by atoms with E-state index in [9.17, 15) is 14.4 Å². The Morgan fingerprint density at radius 1 is 0.264 bits per heavy atom. The van der Waals surface area contributed by atoms with E-state index in [1.165, 1.54) is 244 Å². The molecule has 0 fully saturated rings. The molecule has 0 spiro atoms. The fourth-order valence-electron chi connectivity index (χ4n) is 9.49. The van der Waals surface area contributed by atoms with Gasteiger partial charge in [0.15, 0.2) is 6.10 Å². The highest BCUT2D eigenvalue weighted by molar-refractivity contribution is 5.71. The first-order chi connectivity index (χ1) is 35.5. The largest absolute Gasteiger partial charge is 0.462 e. The van der Waals surface area contributed by atoms with Gasteiger partial charge in [0.05, 0.1) is 0 Å². The third-order valence-electron chi connectivity index (χ3n) is 14.3. The second kappa shape index (κ2) is 61.2. The summed E-state index contributed by atoms with van der Waals surface area (Å²) < 4.78 is 16.9. The zero-order chi connectivity index (χ0) is 52.2. The minimum atomic E-state index is -0.776. The van der Waals surface area contributed by atoms with Crippen molar-refractivity contribution in [3.05, 3.63) is 36.5 Å². The lowest BCUT2D eigenvalue weighted by atomic mass is 10.0. The Balaban J connectivity index is 4.26. The molecule has 1 unspecified atom stereocenters. The van der Waals surface area contributed by atoms with E-state index in [4.69, 9.17) is 14.2 Å². The number of hydrogen-bond donors (Lipinski definition) is 0. The molecule has 0 heterocycles. The maximum Gasteiger partial charge on any atom is 0.306 e. The van der Waals surface area contributed by atoms with E-state index >= 15 is 0 Å². The van der Waals surface area contributed by atoms with Gasteiger partial charge in [-0.15, -0.1) is 0 Å². The number of carbonyl (C=O) groups excluding carboxylic acids is 3. The van der Waals surface area contributed by atoms with Crippen LogP contribution in [0.2, 0.25) is 0 Å². The molecule has 0 rings (SSSR count). The molecule has 6 nitrogen and oxygen atoms in total. The minimum absolute atomic E-state index is 0.0730. The molecule has 0 saturated carbocycles. The van der Waals surface area contributed by atoms with E-state index in [2.05, 4.69) is 57.2 Å². The summed E-state index contributed by atoms with van der Waals surface area (Å²) in [4.78, 5) is 38.2. The lowest BCUT2D eigenvalue weighted by Gasteiger charge is -2.18. The molecule has 422 valence electrons. The predicted molar refractivity (Wildman–Crippen MR) is 312 cm³/mol. The van der Waals surface area contributed by atoms with E-state index in [0.717, 1.165) is 64.2 Å². The third-order valence-corrected chi connectivity index (χ3v) is 14.3. The number of unbranched alkanes of at least 4 members (excludes halogenated alkanes) is 42. The molecule has 0 aliphatic rings. The molecule has 0 aromatic heterocycles. The molecular formula is C66H122O6. The van der Waals surface area contributed by atoms with Crippen molar-refractivity contribution in [1.82, 2.24) is 0 Å². The summed E-state index contributed by atoms with van der Waals surface area (Å²) in [6.45, 7) is 6.65. The van der Waals surface area contributed by atoms with Gasteiger partial charge in [0, 0.05) is 19.3 Å². The summed E-state index contributed by atoms with van der Waals surface area (Å²) in [5, 5.41) is 0. The number of allylic oxidation sites excluding steroid dienone is 6. The van der Waals surface area contributed by atoms with Crippen LogP contribution in [0.15, 0.2) is 36.5 Å². The van der Waals surface area contributed by atoms with Crippen LogP contribution in [0.25, 0.3) is 0 Å². The standard InChI is InChI=1S/C66H122O6/c1-4-7-10-13-16-19-22-25-27-29-31-32-33-34-36-37-39-41-44-47-50-53-56-59-65(68)71-62-63(61-70-64(67)58-55-52-49-46-43-24-21-18-15-12-9-6-3)72-66(69)60-57-54-51-48-45-42-40-38-35-30-28-26-23-20-17-14-11-8-5-2/h18,21,26,28-29,31,63H,4-17,19-20,22-25,27,30,32-62H2,1-3H3/b21-18-,28-26-,31-29-. The van der Waals surface area contributed by atoms with Gasteiger partial charge in [-0.25, -0.2) is 0 Å². The van der Waals surface area contributed by atoms with Gasteiger partial charge in [-0.05, 0) is 96.3 Å². The molecule has 0 aliphatic heterocycles. The maximum atomic E-state index is 12.9. The molecule has 72 heavy (non-hydrogen) atoms. The zero-order valence-corrected chi connectivity index (χ0v) is 48.5. The topological polar surface area (TPSA) is 78.9 Å². The first-order valence-corrected chi connectivity index (χ1v) is 32.0. The van der Waals surface area contributed by atoms with Crippen molar-refractivity contribution < 1.29 is 28.6 Å². The lowest BCUT2D eigenvalue weighted by molar-refractivity contribution is -0.167. The average Bonchev–Trinajstić information content (AvgIpc) is 3.38. The highest BCUT2D eigenvalue weighted by Gasteiger charge is 2.19. The van der Waals surface area contributed by atoms with Gasteiger partial charge in [0.2, 0.25) is 0 Å². The molecule has 0 bridgehead atoms. The SMILES string of the molecule is CCCCC/C=C\CCCCCCCC(=O)OCC(COC(=O)CCCCCCCCCCCCC/C=C\CCCCCCCCCC)OC(=O)CCCCCCCCCCC/C=C\CCCCCCCC. The molecule has 0 aliphatic carbocycles. The van der Waals surface area contributed by atoms with E-state index in [-0.39, 0.29) is 31.1 Å². The molecule has 6 heteroatoms. The van der Waals surface area contributed by atoms with Crippen LogP contribution in [0.1, 0.15) is 348 Å². The molecule has 0 amide bonds. The molecule has 0 radical (unpaired) electrons. The zero-order valence-electron chi connectivity index (χ0n) is 48.5. The van der Waals surface area contributed by atoms with Gasteiger partial charge in [-0.2, -0.15) is 0 Å². The van der Waals surface area contributed by atoms with Crippen LogP contribution in [0, 0.1) is 0 Å². The average molecular weight is 1010 g/mol. The smallest absolute Gasteiger partial charge is 0.306 e. The summed E-state index contributed by atoms with van der Waals surface area (Å²) in [6.07, 6.45) is 74.4. The summed E-state index contributed by atoms with van der Waals surface area (Å²) in [7, 11) is 0. The number of hydrogen-bond acceptors (Lipinski definition) is 6. The minimum Gasteiger partial charge on any atom is -0.462 e. The Bertz CT molecular complexity index is 1210. The molecule has 0 saturated heterocycles. The van der Waals surface area contributed by atoms with Crippen molar-refractivity contribution in [2.75, 3.05) is 13.2 Å². The summed E-state index contributed by atoms with van der Waals surface area (Å²) in [5.41, 5.74) is 0. The number of esters is 3. The van der Waals surface area contributed by atoms with Gasteiger partial charge in [0.1, 0.15) is 13.2 Å². The quantitative estimate of drug-likeness (QED) is 0.0261. The Labute approximate surface area is 448 Å². The third kappa shape index (κ3) is 58.5. The highest BCUT2D eigenvalue weighted by Crippen LogP contribution is 2.17. The fourth-order valence-corrected chi connectivity index (χ4v) is 9.49. The second-order valence-corrected chi connectivity index (χ2v) is 21.7. The fraction of sp³-hybridized carbons (Fsp3) is 0.864. The molecule has 0 N–H and O–H groups in total. The van der Waals surface area contributed by atoms with Gasteiger partial charge < -0.3 is 14.2 Å². The highest BCUT2D eigenvalue weighted by atomic mass is 16.6. The van der Waals surface area contributed by atoms with Crippen LogP contribution in [-0.2, 0) is 28.6 Å². The van der Waals surface area contributed by atoms with Crippen molar-refractivity contribution in [3.8, 4) is 0 Å². The van der Waals surface area contributed by atoms with Crippen molar-refractivity contribution in [2.45, 2.75) is 354 Å². The van der Waals surface area contributed by atoms with E-state index in [1.54, 1.807) is 0 Å². The van der Waals surface area contributed by atoms with E-state index < -0.39 is 6.10 Å². The van der Waals surface area contributed by atoms with Crippen molar-refractivity contribution in [2.24, 2.45) is 0 Å². The number of ether oxygens (including phenoxy) is 3. The summed E-state index contributed by atoms with van der Waals surface area (Å²) >= 11 is 0. The van der Waals surface area contributed by atoms with Crippen LogP contribution in [0.3, 0.4) is 0 Å². The summed E-state index contributed by atoms with van der Waals surface area (Å²) in [5.74, 6) is -0.865. The maximum absolute atomic E-state index is 12.9.